The van der Waals surface area contributed by atoms with Crippen molar-refractivity contribution in [2.24, 2.45) is 0 Å². The minimum Gasteiger partial charge on any atom is -0.457 e. The van der Waals surface area contributed by atoms with Crippen LogP contribution >= 0.6 is 0 Å². The highest BCUT2D eigenvalue weighted by atomic mass is 19.1. The Labute approximate surface area is 106 Å². The first-order valence-electron chi connectivity index (χ1n) is 6.09. The molecule has 0 saturated heterocycles. The fourth-order valence-electron chi connectivity index (χ4n) is 1.78. The summed E-state index contributed by atoms with van der Waals surface area (Å²) in [5.41, 5.74) is 1.14. The van der Waals surface area contributed by atoms with Gasteiger partial charge in [0.05, 0.1) is 0 Å². The van der Waals surface area contributed by atoms with Crippen molar-refractivity contribution in [3.63, 3.8) is 0 Å². The Kier molecular flexibility index (Phi) is 3.92. The van der Waals surface area contributed by atoms with Crippen LogP contribution in [0.2, 0.25) is 0 Å². The van der Waals surface area contributed by atoms with E-state index in [4.69, 9.17) is 4.74 Å². The summed E-state index contributed by atoms with van der Waals surface area (Å²) in [5.74, 6) is 1.12. The second kappa shape index (κ2) is 5.63. The molecular weight excluding hydrogens is 229 g/mol. The maximum absolute atomic E-state index is 13.0. The van der Waals surface area contributed by atoms with Crippen molar-refractivity contribution in [3.8, 4) is 11.5 Å². The Balaban J connectivity index is 2.29. The van der Waals surface area contributed by atoms with E-state index >= 15 is 0 Å². The van der Waals surface area contributed by atoms with Crippen molar-refractivity contribution >= 4 is 0 Å². The zero-order chi connectivity index (χ0) is 13.0. The lowest BCUT2D eigenvalue weighted by atomic mass is 9.98. The van der Waals surface area contributed by atoms with Crippen LogP contribution in [-0.2, 0) is 0 Å². The predicted octanol–water partition coefficient (Wildman–Crippen LogP) is 4.53. The average Bonchev–Trinajstić information content (AvgIpc) is 2.38. The number of halogens is 1. The number of para-hydroxylation sites is 1. The Morgan fingerprint density at radius 1 is 1.28 bits per heavy atom. The second-order valence-electron chi connectivity index (χ2n) is 4.26. The van der Waals surface area contributed by atoms with Crippen LogP contribution in [0.1, 0.15) is 31.7 Å². The summed E-state index contributed by atoms with van der Waals surface area (Å²) in [6, 6.07) is 10.8. The van der Waals surface area contributed by atoms with Crippen LogP contribution in [0.3, 0.4) is 0 Å². The zero-order valence-electron chi connectivity index (χ0n) is 10.6. The van der Waals surface area contributed by atoms with Crippen LogP contribution in [0.25, 0.3) is 0 Å². The molecule has 0 N–H and O–H groups in total. The highest BCUT2D eigenvalue weighted by Crippen LogP contribution is 2.31. The van der Waals surface area contributed by atoms with Crippen molar-refractivity contribution < 1.29 is 9.13 Å². The minimum absolute atomic E-state index is 0.410. The molecule has 0 bridgehead atoms. The van der Waals surface area contributed by atoms with E-state index in [1.807, 2.05) is 24.3 Å². The third-order valence-corrected chi connectivity index (χ3v) is 2.99. The smallest absolute Gasteiger partial charge is 0.216 e. The highest BCUT2D eigenvalue weighted by molar-refractivity contribution is 5.39. The third-order valence-electron chi connectivity index (χ3n) is 2.99. The lowest BCUT2D eigenvalue weighted by Crippen LogP contribution is -1.96. The summed E-state index contributed by atoms with van der Waals surface area (Å²) in [6.45, 7) is 4.28. The predicted molar refractivity (Wildman–Crippen MR) is 69.4 cm³/mol. The molecule has 1 heterocycles. The summed E-state index contributed by atoms with van der Waals surface area (Å²) in [5, 5.41) is 0. The number of rotatable bonds is 4. The molecule has 94 valence electrons. The van der Waals surface area contributed by atoms with E-state index in [1.54, 1.807) is 6.07 Å². The molecule has 2 nitrogen and oxygen atoms in total. The largest absolute Gasteiger partial charge is 0.457 e. The van der Waals surface area contributed by atoms with Gasteiger partial charge in [-0.3, -0.25) is 0 Å². The average molecular weight is 245 g/mol. The van der Waals surface area contributed by atoms with Crippen LogP contribution in [0.4, 0.5) is 4.39 Å². The first-order valence-corrected chi connectivity index (χ1v) is 6.09. The maximum atomic E-state index is 13.0. The standard InChI is InChI=1S/C15H16FNO/c1-3-11(2)13-6-4-5-7-14(13)18-12-8-9-17-15(16)10-12/h4-11H,3H2,1-2H3. The first-order chi connectivity index (χ1) is 8.70. The van der Waals surface area contributed by atoms with Crippen LogP contribution < -0.4 is 4.74 Å². The van der Waals surface area contributed by atoms with Gasteiger partial charge in [0.1, 0.15) is 11.5 Å². The van der Waals surface area contributed by atoms with Crippen molar-refractivity contribution in [3.05, 3.63) is 54.1 Å². The van der Waals surface area contributed by atoms with Gasteiger partial charge in [-0.1, -0.05) is 32.0 Å². The number of benzene rings is 1. The molecule has 0 aliphatic rings. The summed E-state index contributed by atoms with van der Waals surface area (Å²) < 4.78 is 18.7. The van der Waals surface area contributed by atoms with E-state index in [1.165, 1.54) is 12.3 Å². The van der Waals surface area contributed by atoms with Crippen molar-refractivity contribution in [2.45, 2.75) is 26.2 Å². The molecule has 0 amide bonds. The molecule has 0 spiro atoms. The van der Waals surface area contributed by atoms with E-state index in [9.17, 15) is 4.39 Å². The number of hydrogen-bond acceptors (Lipinski definition) is 2. The maximum Gasteiger partial charge on any atom is 0.216 e. The molecule has 2 rings (SSSR count). The van der Waals surface area contributed by atoms with Gasteiger partial charge in [-0.15, -0.1) is 0 Å². The van der Waals surface area contributed by atoms with E-state index in [0.717, 1.165) is 17.7 Å². The normalized spacial score (nSPS) is 12.2. The van der Waals surface area contributed by atoms with Crippen LogP contribution in [0, 0.1) is 5.95 Å². The molecule has 18 heavy (non-hydrogen) atoms. The van der Waals surface area contributed by atoms with E-state index in [-0.39, 0.29) is 0 Å². The lowest BCUT2D eigenvalue weighted by Gasteiger charge is -2.15. The van der Waals surface area contributed by atoms with Gasteiger partial charge >= 0.3 is 0 Å². The molecule has 0 aliphatic carbocycles. The van der Waals surface area contributed by atoms with Gasteiger partial charge in [-0.2, -0.15) is 4.39 Å². The lowest BCUT2D eigenvalue weighted by molar-refractivity contribution is 0.461. The van der Waals surface area contributed by atoms with Gasteiger partial charge in [0.15, 0.2) is 0 Å². The van der Waals surface area contributed by atoms with Crippen molar-refractivity contribution in [2.75, 3.05) is 0 Å². The van der Waals surface area contributed by atoms with E-state index in [2.05, 4.69) is 18.8 Å². The minimum atomic E-state index is -0.534. The summed E-state index contributed by atoms with van der Waals surface area (Å²) in [4.78, 5) is 3.51. The molecule has 0 saturated carbocycles. The number of pyridine rings is 1. The van der Waals surface area contributed by atoms with Crippen molar-refractivity contribution in [1.82, 2.24) is 4.98 Å². The molecule has 1 aromatic heterocycles. The number of ether oxygens (including phenoxy) is 1. The summed E-state index contributed by atoms with van der Waals surface area (Å²) in [6.07, 6.45) is 2.43. The Morgan fingerprint density at radius 2 is 2.06 bits per heavy atom. The molecule has 1 aromatic carbocycles. The number of hydrogen-bond donors (Lipinski definition) is 0. The Bertz CT molecular complexity index is 527. The van der Waals surface area contributed by atoms with Gasteiger partial charge in [0.25, 0.3) is 0 Å². The SMILES string of the molecule is CCC(C)c1ccccc1Oc1ccnc(F)c1. The summed E-state index contributed by atoms with van der Waals surface area (Å²) in [7, 11) is 0. The molecule has 1 atom stereocenters. The molecule has 0 fully saturated rings. The number of aromatic nitrogens is 1. The molecular formula is C15H16FNO. The molecule has 2 aromatic rings. The van der Waals surface area contributed by atoms with E-state index < -0.39 is 5.95 Å². The highest BCUT2D eigenvalue weighted by Gasteiger charge is 2.10. The van der Waals surface area contributed by atoms with Crippen LogP contribution in [0.5, 0.6) is 11.5 Å². The molecule has 0 radical (unpaired) electrons. The molecule has 0 aliphatic heterocycles. The Hall–Kier alpha value is -1.90. The summed E-state index contributed by atoms with van der Waals surface area (Å²) >= 11 is 0. The zero-order valence-corrected chi connectivity index (χ0v) is 10.6. The van der Waals surface area contributed by atoms with Gasteiger partial charge in [-0.25, -0.2) is 4.98 Å². The molecule has 3 heteroatoms. The van der Waals surface area contributed by atoms with E-state index in [0.29, 0.717) is 11.7 Å². The third kappa shape index (κ3) is 2.86. The van der Waals surface area contributed by atoms with Gasteiger partial charge in [0, 0.05) is 12.3 Å². The van der Waals surface area contributed by atoms with Crippen LogP contribution in [-0.4, -0.2) is 4.98 Å². The van der Waals surface area contributed by atoms with Gasteiger partial charge in [0.2, 0.25) is 5.95 Å². The quantitative estimate of drug-likeness (QED) is 0.738. The Morgan fingerprint density at radius 3 is 2.78 bits per heavy atom. The van der Waals surface area contributed by atoms with Gasteiger partial charge in [-0.05, 0) is 30.0 Å². The fraction of sp³-hybridized carbons (Fsp3) is 0.267. The van der Waals surface area contributed by atoms with Crippen molar-refractivity contribution in [1.29, 1.82) is 0 Å². The van der Waals surface area contributed by atoms with Gasteiger partial charge < -0.3 is 4.74 Å². The molecule has 1 unspecified atom stereocenters. The topological polar surface area (TPSA) is 22.1 Å². The number of nitrogens with zero attached hydrogens (tertiary/aromatic N) is 1. The van der Waals surface area contributed by atoms with Crippen LogP contribution in [0.15, 0.2) is 42.6 Å². The monoisotopic (exact) mass is 245 g/mol. The fourth-order valence-corrected chi connectivity index (χ4v) is 1.78. The second-order valence-corrected chi connectivity index (χ2v) is 4.26. The first kappa shape index (κ1) is 12.6.